The Kier molecular flexibility index (Phi) is 4.20. The van der Waals surface area contributed by atoms with E-state index < -0.39 is 12.0 Å². The maximum atomic E-state index is 13.5. The minimum Gasteiger partial charge on any atom is -0.378 e. The van der Waals surface area contributed by atoms with Crippen LogP contribution in [-0.2, 0) is 11.2 Å². The third-order valence-corrected chi connectivity index (χ3v) is 4.10. The zero-order valence-corrected chi connectivity index (χ0v) is 12.1. The van der Waals surface area contributed by atoms with E-state index in [0.717, 1.165) is 30.4 Å². The van der Waals surface area contributed by atoms with Crippen LogP contribution in [0.5, 0.6) is 0 Å². The Morgan fingerprint density at radius 3 is 2.77 bits per heavy atom. The molecule has 0 aromatic heterocycles. The van der Waals surface area contributed by atoms with Gasteiger partial charge in [0, 0.05) is 0 Å². The van der Waals surface area contributed by atoms with Gasteiger partial charge in [-0.3, -0.25) is 4.79 Å². The number of benzene rings is 2. The topological polar surface area (TPSA) is 49.3 Å². The van der Waals surface area contributed by atoms with Crippen LogP contribution in [0.15, 0.2) is 48.5 Å². The zero-order valence-electron chi connectivity index (χ0n) is 12.1. The molecular formula is C18H18FNO2. The molecule has 3 nitrogen and oxygen atoms in total. The summed E-state index contributed by atoms with van der Waals surface area (Å²) in [6, 6.07) is 13.2. The number of hydrogen-bond donors (Lipinski definition) is 2. The van der Waals surface area contributed by atoms with E-state index in [9.17, 15) is 14.3 Å². The number of aryl methyl sites for hydroxylation is 1. The third-order valence-electron chi connectivity index (χ3n) is 4.10. The van der Waals surface area contributed by atoms with Crippen molar-refractivity contribution in [3.05, 3.63) is 71.0 Å². The Balaban J connectivity index is 1.77. The fourth-order valence-electron chi connectivity index (χ4n) is 2.96. The minimum atomic E-state index is -1.21. The molecule has 3 rings (SSSR count). The lowest BCUT2D eigenvalue weighted by molar-refractivity contribution is -0.130. The largest absolute Gasteiger partial charge is 0.378 e. The van der Waals surface area contributed by atoms with Crippen molar-refractivity contribution >= 4 is 5.91 Å². The molecule has 0 fully saturated rings. The maximum Gasteiger partial charge on any atom is 0.253 e. The number of amides is 1. The molecule has 1 amide bonds. The number of fused-ring (bicyclic) bond motifs is 1. The van der Waals surface area contributed by atoms with Crippen LogP contribution < -0.4 is 5.32 Å². The standard InChI is InChI=1S/C18H18FNO2/c19-14-10-9-12-7-4-8-16(15(12)11-14)20-18(22)17(21)13-5-2-1-3-6-13/h1-3,5-6,9-11,16-17,21H,4,7-8H2,(H,20,22). The Morgan fingerprint density at radius 1 is 1.23 bits per heavy atom. The molecule has 2 atom stereocenters. The molecule has 4 heteroatoms. The summed E-state index contributed by atoms with van der Waals surface area (Å²) in [5, 5.41) is 13.0. The summed E-state index contributed by atoms with van der Waals surface area (Å²) in [5.74, 6) is -0.753. The van der Waals surface area contributed by atoms with Crippen molar-refractivity contribution in [3.63, 3.8) is 0 Å². The first-order valence-corrected chi connectivity index (χ1v) is 7.47. The highest BCUT2D eigenvalue weighted by Crippen LogP contribution is 2.30. The Hall–Kier alpha value is -2.20. The van der Waals surface area contributed by atoms with Crippen molar-refractivity contribution in [2.45, 2.75) is 31.4 Å². The molecular weight excluding hydrogens is 281 g/mol. The summed E-state index contributed by atoms with van der Waals surface area (Å²) in [6.45, 7) is 0. The molecule has 2 unspecified atom stereocenters. The van der Waals surface area contributed by atoms with Crippen LogP contribution in [0.25, 0.3) is 0 Å². The van der Waals surface area contributed by atoms with Crippen molar-refractivity contribution in [3.8, 4) is 0 Å². The molecule has 0 bridgehead atoms. The molecule has 0 heterocycles. The van der Waals surface area contributed by atoms with Crippen LogP contribution in [0.1, 0.15) is 41.7 Å². The molecule has 114 valence electrons. The Morgan fingerprint density at radius 2 is 2.00 bits per heavy atom. The molecule has 0 saturated heterocycles. The first kappa shape index (κ1) is 14.7. The molecule has 0 aliphatic heterocycles. The van der Waals surface area contributed by atoms with Gasteiger partial charge < -0.3 is 10.4 Å². The summed E-state index contributed by atoms with van der Waals surface area (Å²) in [4.78, 5) is 12.3. The fourth-order valence-corrected chi connectivity index (χ4v) is 2.96. The predicted molar refractivity (Wildman–Crippen MR) is 81.6 cm³/mol. The number of carbonyl (C=O) groups excluding carboxylic acids is 1. The zero-order chi connectivity index (χ0) is 15.5. The lowest BCUT2D eigenvalue weighted by Gasteiger charge is -2.27. The minimum absolute atomic E-state index is 0.245. The number of aliphatic hydroxyl groups is 1. The molecule has 0 radical (unpaired) electrons. The van der Waals surface area contributed by atoms with Gasteiger partial charge in [0.15, 0.2) is 6.10 Å². The predicted octanol–water partition coefficient (Wildman–Crippen LogP) is 3.05. The SMILES string of the molecule is O=C(NC1CCCc2ccc(F)cc21)C(O)c1ccccc1. The number of halogens is 1. The van der Waals surface area contributed by atoms with Gasteiger partial charge >= 0.3 is 0 Å². The van der Waals surface area contributed by atoms with Gasteiger partial charge in [-0.1, -0.05) is 36.4 Å². The number of rotatable bonds is 3. The summed E-state index contributed by atoms with van der Waals surface area (Å²) < 4.78 is 13.5. The van der Waals surface area contributed by atoms with Gasteiger partial charge in [0.25, 0.3) is 5.91 Å². The van der Waals surface area contributed by atoms with Crippen LogP contribution in [0.3, 0.4) is 0 Å². The molecule has 0 saturated carbocycles. The second-order valence-electron chi connectivity index (χ2n) is 5.61. The van der Waals surface area contributed by atoms with E-state index >= 15 is 0 Å². The van der Waals surface area contributed by atoms with Gasteiger partial charge in [-0.15, -0.1) is 0 Å². The van der Waals surface area contributed by atoms with Crippen molar-refractivity contribution in [1.29, 1.82) is 0 Å². The molecule has 22 heavy (non-hydrogen) atoms. The highest BCUT2D eigenvalue weighted by atomic mass is 19.1. The second kappa shape index (κ2) is 6.28. The first-order valence-electron chi connectivity index (χ1n) is 7.47. The van der Waals surface area contributed by atoms with E-state index in [0.29, 0.717) is 5.56 Å². The second-order valence-corrected chi connectivity index (χ2v) is 5.61. The van der Waals surface area contributed by atoms with Crippen molar-refractivity contribution in [1.82, 2.24) is 5.32 Å². The molecule has 1 aliphatic rings. The number of aliphatic hydroxyl groups excluding tert-OH is 1. The Labute approximate surface area is 128 Å². The van der Waals surface area contributed by atoms with Crippen molar-refractivity contribution in [2.75, 3.05) is 0 Å². The molecule has 2 aromatic rings. The van der Waals surface area contributed by atoms with Crippen molar-refractivity contribution < 1.29 is 14.3 Å². The number of nitrogens with one attached hydrogen (secondary N) is 1. The van der Waals surface area contributed by atoms with Gasteiger partial charge in [-0.25, -0.2) is 4.39 Å². The van der Waals surface area contributed by atoms with Crippen LogP contribution in [-0.4, -0.2) is 11.0 Å². The smallest absolute Gasteiger partial charge is 0.253 e. The van der Waals surface area contributed by atoms with Crippen LogP contribution >= 0.6 is 0 Å². The third kappa shape index (κ3) is 3.02. The van der Waals surface area contributed by atoms with Crippen LogP contribution in [0, 0.1) is 5.82 Å². The van der Waals surface area contributed by atoms with E-state index in [-0.39, 0.29) is 11.9 Å². The monoisotopic (exact) mass is 299 g/mol. The summed E-state index contributed by atoms with van der Waals surface area (Å²) in [6.07, 6.45) is 1.37. The first-order chi connectivity index (χ1) is 10.6. The van der Waals surface area contributed by atoms with Gasteiger partial charge in [-0.05, 0) is 48.1 Å². The highest BCUT2D eigenvalue weighted by molar-refractivity contribution is 5.82. The van der Waals surface area contributed by atoms with E-state index in [1.54, 1.807) is 30.3 Å². The Bertz CT molecular complexity index is 672. The van der Waals surface area contributed by atoms with Crippen LogP contribution in [0.4, 0.5) is 4.39 Å². The summed E-state index contributed by atoms with van der Waals surface area (Å²) in [7, 11) is 0. The maximum absolute atomic E-state index is 13.5. The van der Waals surface area contributed by atoms with Gasteiger partial charge in [0.05, 0.1) is 6.04 Å². The number of carbonyl (C=O) groups is 1. The average Bonchev–Trinajstić information content (AvgIpc) is 2.55. The van der Waals surface area contributed by atoms with Gasteiger partial charge in [-0.2, -0.15) is 0 Å². The van der Waals surface area contributed by atoms with E-state index in [1.807, 2.05) is 6.07 Å². The number of hydrogen-bond acceptors (Lipinski definition) is 2. The molecule has 2 N–H and O–H groups in total. The van der Waals surface area contributed by atoms with Gasteiger partial charge in [0.2, 0.25) is 0 Å². The van der Waals surface area contributed by atoms with E-state index in [4.69, 9.17) is 0 Å². The summed E-state index contributed by atoms with van der Waals surface area (Å²) >= 11 is 0. The van der Waals surface area contributed by atoms with Gasteiger partial charge in [0.1, 0.15) is 5.82 Å². The average molecular weight is 299 g/mol. The molecule has 1 aliphatic carbocycles. The fraction of sp³-hybridized carbons (Fsp3) is 0.278. The summed E-state index contributed by atoms with van der Waals surface area (Å²) in [5.41, 5.74) is 2.43. The normalized spacial score (nSPS) is 18.4. The van der Waals surface area contributed by atoms with Crippen molar-refractivity contribution in [2.24, 2.45) is 0 Å². The highest BCUT2D eigenvalue weighted by Gasteiger charge is 2.25. The van der Waals surface area contributed by atoms with Crippen LogP contribution in [0.2, 0.25) is 0 Å². The quantitative estimate of drug-likeness (QED) is 0.915. The molecule has 2 aromatic carbocycles. The van der Waals surface area contributed by atoms with E-state index in [2.05, 4.69) is 5.32 Å². The lowest BCUT2D eigenvalue weighted by atomic mass is 9.87. The lowest BCUT2D eigenvalue weighted by Crippen LogP contribution is -2.34. The van der Waals surface area contributed by atoms with E-state index in [1.165, 1.54) is 12.1 Å². The molecule has 0 spiro atoms.